The van der Waals surface area contributed by atoms with Crippen LogP contribution in [0.5, 0.6) is 0 Å². The number of rotatable bonds is 2. The van der Waals surface area contributed by atoms with Crippen molar-refractivity contribution in [3.05, 3.63) is 5.92 Å². The van der Waals surface area contributed by atoms with Crippen molar-refractivity contribution in [2.75, 3.05) is 13.1 Å². The predicted molar refractivity (Wildman–Crippen MR) is 47.2 cm³/mol. The van der Waals surface area contributed by atoms with Gasteiger partial charge in [-0.3, -0.25) is 0 Å². The van der Waals surface area contributed by atoms with Gasteiger partial charge in [-0.25, -0.2) is 0 Å². The normalized spacial score (nSPS) is 27.8. The van der Waals surface area contributed by atoms with Crippen molar-refractivity contribution in [2.24, 2.45) is 11.8 Å². The van der Waals surface area contributed by atoms with Gasteiger partial charge in [-0.1, -0.05) is 6.92 Å². The topological polar surface area (TPSA) is 12.0 Å². The Kier molecular flexibility index (Phi) is 2.17. The second-order valence-electron chi connectivity index (χ2n) is 4.04. The van der Waals surface area contributed by atoms with E-state index in [4.69, 9.17) is 0 Å². The van der Waals surface area contributed by atoms with Gasteiger partial charge < -0.3 is 5.32 Å². The van der Waals surface area contributed by atoms with E-state index in [2.05, 4.69) is 12.2 Å². The lowest BCUT2D eigenvalue weighted by Gasteiger charge is -2.27. The zero-order valence-electron chi connectivity index (χ0n) is 7.40. The van der Waals surface area contributed by atoms with E-state index in [1.165, 1.54) is 38.8 Å². The summed E-state index contributed by atoms with van der Waals surface area (Å²) >= 11 is 0. The molecule has 1 heterocycles. The van der Waals surface area contributed by atoms with Crippen LogP contribution >= 0.6 is 0 Å². The first-order chi connectivity index (χ1) is 5.38. The maximum Gasteiger partial charge on any atom is -0.00461 e. The Balaban J connectivity index is 1.81. The lowest BCUT2D eigenvalue weighted by atomic mass is 9.83. The third-order valence-corrected chi connectivity index (χ3v) is 3.20. The van der Waals surface area contributed by atoms with E-state index in [0.29, 0.717) is 0 Å². The molecule has 1 N–H and O–H groups in total. The molecule has 1 aliphatic carbocycles. The van der Waals surface area contributed by atoms with Crippen LogP contribution in [0.1, 0.15) is 32.6 Å². The molecular formula is C10H18N. The first-order valence-electron chi connectivity index (χ1n) is 4.92. The molecule has 1 nitrogen and oxygen atoms in total. The molecule has 2 fully saturated rings. The minimum Gasteiger partial charge on any atom is -0.317 e. The van der Waals surface area contributed by atoms with Crippen LogP contribution in [0, 0.1) is 17.8 Å². The monoisotopic (exact) mass is 152 g/mol. The highest BCUT2D eigenvalue weighted by Gasteiger charge is 2.33. The van der Waals surface area contributed by atoms with Gasteiger partial charge in [0.2, 0.25) is 0 Å². The highest BCUT2D eigenvalue weighted by molar-refractivity contribution is 5.05. The molecule has 1 heteroatoms. The molecule has 0 amide bonds. The van der Waals surface area contributed by atoms with E-state index in [1.807, 2.05) is 5.92 Å². The van der Waals surface area contributed by atoms with Gasteiger partial charge >= 0.3 is 0 Å². The molecular weight excluding hydrogens is 134 g/mol. The summed E-state index contributed by atoms with van der Waals surface area (Å²) in [6.07, 6.45) is 5.75. The highest BCUT2D eigenvalue weighted by atomic mass is 14.9. The molecule has 63 valence electrons. The quantitative estimate of drug-likeness (QED) is 0.638. The van der Waals surface area contributed by atoms with Crippen molar-refractivity contribution in [3.8, 4) is 0 Å². The fourth-order valence-electron chi connectivity index (χ4n) is 2.15. The van der Waals surface area contributed by atoms with Crippen molar-refractivity contribution in [3.63, 3.8) is 0 Å². The van der Waals surface area contributed by atoms with Gasteiger partial charge in [0.1, 0.15) is 0 Å². The summed E-state index contributed by atoms with van der Waals surface area (Å²) in [5.41, 5.74) is 0. The Bertz CT molecular complexity index is 123. The summed E-state index contributed by atoms with van der Waals surface area (Å²) in [6, 6.07) is 0. The number of hydrogen-bond acceptors (Lipinski definition) is 1. The van der Waals surface area contributed by atoms with Gasteiger partial charge in [0.15, 0.2) is 0 Å². The Morgan fingerprint density at radius 2 is 1.55 bits per heavy atom. The molecule has 0 unspecified atom stereocenters. The Labute approximate surface area is 69.6 Å². The third-order valence-electron chi connectivity index (χ3n) is 3.20. The molecule has 1 saturated carbocycles. The molecule has 0 aromatic heterocycles. The first kappa shape index (κ1) is 7.60. The van der Waals surface area contributed by atoms with Crippen LogP contribution in [0.15, 0.2) is 0 Å². The fraction of sp³-hybridized carbons (Fsp3) is 0.900. The Morgan fingerprint density at radius 3 is 2.09 bits per heavy atom. The molecule has 0 aromatic rings. The average Bonchev–Trinajstić information content (AvgIpc) is 2.87. The molecule has 0 bridgehead atoms. The SMILES string of the molecule is C[C](C1CCNCC1)C1CC1. The maximum atomic E-state index is 3.42. The van der Waals surface area contributed by atoms with Gasteiger partial charge in [-0.05, 0) is 56.5 Å². The maximum absolute atomic E-state index is 3.42. The molecule has 0 spiro atoms. The second-order valence-corrected chi connectivity index (χ2v) is 4.04. The standard InChI is InChI=1S/C10H18N/c1-8(9-2-3-9)10-4-6-11-7-5-10/h9-11H,2-7H2,1H3. The van der Waals surface area contributed by atoms with E-state index < -0.39 is 0 Å². The molecule has 0 atom stereocenters. The average molecular weight is 152 g/mol. The summed E-state index contributed by atoms with van der Waals surface area (Å²) in [4.78, 5) is 0. The summed E-state index contributed by atoms with van der Waals surface area (Å²) in [5, 5.41) is 3.42. The van der Waals surface area contributed by atoms with Gasteiger partial charge in [-0.2, -0.15) is 0 Å². The predicted octanol–water partition coefficient (Wildman–Crippen LogP) is 1.99. The smallest absolute Gasteiger partial charge is 0.00461 e. The van der Waals surface area contributed by atoms with Crippen LogP contribution < -0.4 is 5.32 Å². The van der Waals surface area contributed by atoms with E-state index in [1.54, 1.807) is 0 Å². The molecule has 11 heavy (non-hydrogen) atoms. The molecule has 1 saturated heterocycles. The lowest BCUT2D eigenvalue weighted by molar-refractivity contribution is 0.369. The zero-order valence-corrected chi connectivity index (χ0v) is 7.40. The molecule has 1 radical (unpaired) electrons. The molecule has 1 aliphatic heterocycles. The third kappa shape index (κ3) is 1.76. The van der Waals surface area contributed by atoms with Crippen molar-refractivity contribution >= 4 is 0 Å². The highest BCUT2D eigenvalue weighted by Crippen LogP contribution is 2.43. The lowest BCUT2D eigenvalue weighted by Crippen LogP contribution is -2.30. The zero-order chi connectivity index (χ0) is 7.68. The van der Waals surface area contributed by atoms with Crippen LogP contribution in [0.3, 0.4) is 0 Å². The number of nitrogens with one attached hydrogen (secondary N) is 1. The fourth-order valence-corrected chi connectivity index (χ4v) is 2.15. The molecule has 2 aliphatic rings. The van der Waals surface area contributed by atoms with Crippen molar-refractivity contribution in [1.29, 1.82) is 0 Å². The van der Waals surface area contributed by atoms with Gasteiger partial charge in [0.05, 0.1) is 0 Å². The van der Waals surface area contributed by atoms with Crippen LogP contribution in [0.25, 0.3) is 0 Å². The minimum atomic E-state index is 0.962. The minimum absolute atomic E-state index is 0.962. The summed E-state index contributed by atoms with van der Waals surface area (Å²) in [5.74, 6) is 3.80. The van der Waals surface area contributed by atoms with Crippen LogP contribution in [0.4, 0.5) is 0 Å². The number of piperidine rings is 1. The largest absolute Gasteiger partial charge is 0.317 e. The molecule has 0 aromatic carbocycles. The van der Waals surface area contributed by atoms with Gasteiger partial charge in [0.25, 0.3) is 0 Å². The van der Waals surface area contributed by atoms with E-state index >= 15 is 0 Å². The van der Waals surface area contributed by atoms with E-state index in [9.17, 15) is 0 Å². The van der Waals surface area contributed by atoms with Crippen LogP contribution in [-0.4, -0.2) is 13.1 Å². The molecule has 2 rings (SSSR count). The van der Waals surface area contributed by atoms with Gasteiger partial charge in [-0.15, -0.1) is 0 Å². The van der Waals surface area contributed by atoms with Crippen LogP contribution in [-0.2, 0) is 0 Å². The summed E-state index contributed by atoms with van der Waals surface area (Å²) < 4.78 is 0. The van der Waals surface area contributed by atoms with Gasteiger partial charge in [0, 0.05) is 0 Å². The second kappa shape index (κ2) is 3.14. The van der Waals surface area contributed by atoms with E-state index in [0.717, 1.165) is 11.8 Å². The first-order valence-corrected chi connectivity index (χ1v) is 4.92. The van der Waals surface area contributed by atoms with E-state index in [-0.39, 0.29) is 0 Å². The van der Waals surface area contributed by atoms with Crippen molar-refractivity contribution in [2.45, 2.75) is 32.6 Å². The Hall–Kier alpha value is -0.0400. The Morgan fingerprint density at radius 1 is 1.00 bits per heavy atom. The van der Waals surface area contributed by atoms with Crippen molar-refractivity contribution in [1.82, 2.24) is 5.32 Å². The van der Waals surface area contributed by atoms with Crippen molar-refractivity contribution < 1.29 is 0 Å². The number of hydrogen-bond donors (Lipinski definition) is 1. The van der Waals surface area contributed by atoms with Crippen LogP contribution in [0.2, 0.25) is 0 Å². The summed E-state index contributed by atoms with van der Waals surface area (Å²) in [7, 11) is 0. The summed E-state index contributed by atoms with van der Waals surface area (Å²) in [6.45, 7) is 4.87.